The van der Waals surface area contributed by atoms with Gasteiger partial charge >= 0.3 is 11.9 Å². The number of esters is 2. The monoisotopic (exact) mass is 558 g/mol. The molecule has 2 unspecified atom stereocenters. The number of rotatable bonds is 10. The number of aliphatic hydroxyl groups excluding tert-OH is 3. The van der Waals surface area contributed by atoms with Crippen molar-refractivity contribution in [2.45, 2.75) is 71.8 Å². The van der Waals surface area contributed by atoms with E-state index >= 15 is 0 Å². The van der Waals surface area contributed by atoms with Gasteiger partial charge in [0.15, 0.2) is 0 Å². The van der Waals surface area contributed by atoms with E-state index in [4.69, 9.17) is 20.1 Å². The van der Waals surface area contributed by atoms with Gasteiger partial charge < -0.3 is 29.5 Å². The van der Waals surface area contributed by atoms with Crippen LogP contribution in [0.3, 0.4) is 0 Å². The standard InChI is InChI=1S/C12H18N2O2.C6H10O2.C5H8O3.C4H10O3/c1-11(2)4-10(14-9-16)5-12(3,6-11)7-13-8-15;7-6-4-2-1-3-5-8-6;1-2-5(7)8-4-3-6;5-1-3-7-4-2-6/h10H,4-7H2,1-3H3;1-5H2;2,6H,1,3-4H2;5-6H,1-4H2. The maximum atomic E-state index is 10.5. The molecule has 1 saturated carbocycles. The van der Waals surface area contributed by atoms with Gasteiger partial charge in [-0.25, -0.2) is 24.4 Å². The summed E-state index contributed by atoms with van der Waals surface area (Å²) in [5.74, 6) is -0.526. The highest BCUT2D eigenvalue weighted by atomic mass is 16.5. The highest BCUT2D eigenvalue weighted by molar-refractivity contribution is 5.81. The Kier molecular flexibility index (Phi) is 24.0. The maximum absolute atomic E-state index is 10.5. The number of carbonyl (C=O) groups excluding carboxylic acids is 4. The average Bonchev–Trinajstić information content (AvgIpc) is 3.14. The third kappa shape index (κ3) is 24.1. The number of cyclic esters (lactones) is 1. The lowest BCUT2D eigenvalue weighted by atomic mass is 9.63. The van der Waals surface area contributed by atoms with Crippen LogP contribution in [0, 0.1) is 10.8 Å². The molecule has 12 heteroatoms. The van der Waals surface area contributed by atoms with Gasteiger partial charge in [-0.3, -0.25) is 4.79 Å². The Morgan fingerprint density at radius 2 is 1.69 bits per heavy atom. The first-order valence-corrected chi connectivity index (χ1v) is 13.0. The van der Waals surface area contributed by atoms with Crippen LogP contribution in [0.2, 0.25) is 0 Å². The second-order valence-electron chi connectivity index (χ2n) is 10.0. The van der Waals surface area contributed by atoms with Gasteiger partial charge in [-0.1, -0.05) is 27.4 Å². The lowest BCUT2D eigenvalue weighted by Crippen LogP contribution is -2.39. The zero-order valence-electron chi connectivity index (χ0n) is 23.6. The molecule has 39 heavy (non-hydrogen) atoms. The highest BCUT2D eigenvalue weighted by Crippen LogP contribution is 2.47. The molecule has 2 aliphatic rings. The fraction of sp³-hybridized carbons (Fsp3) is 0.778. The third-order valence-corrected chi connectivity index (χ3v) is 5.44. The number of ether oxygens (including phenoxy) is 3. The number of aliphatic imine (C=N–C) groups is 2. The molecule has 0 aromatic rings. The largest absolute Gasteiger partial charge is 0.466 e. The topological polar surface area (TPSA) is 181 Å². The number of isocyanates is 2. The van der Waals surface area contributed by atoms with Crippen LogP contribution in [0.5, 0.6) is 0 Å². The Hall–Kier alpha value is -2.72. The van der Waals surface area contributed by atoms with E-state index in [1.54, 1.807) is 12.2 Å². The summed E-state index contributed by atoms with van der Waals surface area (Å²) < 4.78 is 13.7. The summed E-state index contributed by atoms with van der Waals surface area (Å²) in [6.45, 7) is 11.3. The molecular weight excluding hydrogens is 512 g/mol. The molecule has 0 aromatic heterocycles. The molecule has 2 atom stereocenters. The molecular formula is C27H46N2O10. The van der Waals surface area contributed by atoms with E-state index in [2.05, 4.69) is 46.8 Å². The van der Waals surface area contributed by atoms with E-state index in [0.717, 1.165) is 44.6 Å². The van der Waals surface area contributed by atoms with Crippen molar-refractivity contribution in [3.05, 3.63) is 12.7 Å². The zero-order chi connectivity index (χ0) is 30.0. The summed E-state index contributed by atoms with van der Waals surface area (Å²) in [5, 5.41) is 24.3. The van der Waals surface area contributed by atoms with Gasteiger partial charge in [0, 0.05) is 12.5 Å². The number of carbonyl (C=O) groups is 2. The summed E-state index contributed by atoms with van der Waals surface area (Å²) in [7, 11) is 0. The minimum absolute atomic E-state index is 0.00750. The van der Waals surface area contributed by atoms with Crippen LogP contribution in [0.25, 0.3) is 0 Å². The minimum Gasteiger partial charge on any atom is -0.466 e. The second-order valence-corrected chi connectivity index (χ2v) is 10.0. The fourth-order valence-electron chi connectivity index (χ4n) is 4.33. The van der Waals surface area contributed by atoms with Gasteiger partial charge in [0.2, 0.25) is 12.2 Å². The van der Waals surface area contributed by atoms with E-state index in [-0.39, 0.29) is 49.3 Å². The summed E-state index contributed by atoms with van der Waals surface area (Å²) in [4.78, 5) is 48.6. The summed E-state index contributed by atoms with van der Waals surface area (Å²) >= 11 is 0. The van der Waals surface area contributed by atoms with Crippen LogP contribution in [0.4, 0.5) is 0 Å². The Morgan fingerprint density at radius 3 is 2.23 bits per heavy atom. The van der Waals surface area contributed by atoms with Crippen molar-refractivity contribution in [3.8, 4) is 0 Å². The zero-order valence-corrected chi connectivity index (χ0v) is 23.6. The number of hydrogen-bond acceptors (Lipinski definition) is 12. The molecule has 1 saturated heterocycles. The van der Waals surface area contributed by atoms with Gasteiger partial charge in [-0.2, -0.15) is 0 Å². The van der Waals surface area contributed by atoms with Crippen molar-refractivity contribution >= 4 is 24.1 Å². The van der Waals surface area contributed by atoms with Crippen molar-refractivity contribution in [2.24, 2.45) is 20.8 Å². The Balaban J connectivity index is 0. The summed E-state index contributed by atoms with van der Waals surface area (Å²) in [6.07, 6.45) is 10.8. The molecule has 12 nitrogen and oxygen atoms in total. The van der Waals surface area contributed by atoms with Crippen molar-refractivity contribution in [1.29, 1.82) is 0 Å². The van der Waals surface area contributed by atoms with Crippen molar-refractivity contribution in [1.82, 2.24) is 0 Å². The fourth-order valence-corrected chi connectivity index (χ4v) is 4.33. The Morgan fingerprint density at radius 1 is 1.05 bits per heavy atom. The van der Waals surface area contributed by atoms with E-state index in [9.17, 15) is 19.2 Å². The molecule has 0 bridgehead atoms. The van der Waals surface area contributed by atoms with Crippen LogP contribution in [0.15, 0.2) is 22.6 Å². The number of aliphatic hydroxyl groups is 3. The molecule has 224 valence electrons. The number of hydrogen-bond donors (Lipinski definition) is 3. The van der Waals surface area contributed by atoms with Crippen LogP contribution < -0.4 is 0 Å². The maximum Gasteiger partial charge on any atom is 0.330 e. The number of nitrogens with zero attached hydrogens (tertiary/aromatic N) is 2. The van der Waals surface area contributed by atoms with Crippen molar-refractivity contribution < 1.29 is 48.7 Å². The van der Waals surface area contributed by atoms with E-state index < -0.39 is 5.97 Å². The first-order chi connectivity index (χ1) is 18.5. The lowest BCUT2D eigenvalue weighted by molar-refractivity contribution is -0.142. The van der Waals surface area contributed by atoms with Crippen LogP contribution in [-0.2, 0) is 33.4 Å². The van der Waals surface area contributed by atoms with E-state index in [1.165, 1.54) is 0 Å². The predicted octanol–water partition coefficient (Wildman–Crippen LogP) is 2.04. The smallest absolute Gasteiger partial charge is 0.330 e. The molecule has 1 aliphatic heterocycles. The normalized spacial score (nSPS) is 21.1. The van der Waals surface area contributed by atoms with Gasteiger partial charge in [0.1, 0.15) is 6.61 Å². The minimum atomic E-state index is -0.501. The Labute approximate surface area is 231 Å². The van der Waals surface area contributed by atoms with E-state index in [0.29, 0.717) is 32.8 Å². The van der Waals surface area contributed by atoms with Gasteiger partial charge in [0.25, 0.3) is 0 Å². The van der Waals surface area contributed by atoms with Gasteiger partial charge in [-0.05, 0) is 49.4 Å². The van der Waals surface area contributed by atoms with Crippen LogP contribution >= 0.6 is 0 Å². The molecule has 0 spiro atoms. The SMILES string of the molecule is C=CC(=O)OCCO.CC1(C)CC(N=C=O)CC(C)(CN=C=O)C1.O=C1CCCCCO1.OCCOCCO. The molecule has 2 rings (SSSR count). The molecule has 0 amide bonds. The molecule has 3 N–H and O–H groups in total. The van der Waals surface area contributed by atoms with Crippen LogP contribution in [-0.4, -0.2) is 98.3 Å². The second kappa shape index (κ2) is 24.3. The van der Waals surface area contributed by atoms with E-state index in [1.807, 2.05) is 0 Å². The quantitative estimate of drug-likeness (QED) is 0.118. The summed E-state index contributed by atoms with van der Waals surface area (Å²) in [5.41, 5.74) is 0.0561. The predicted molar refractivity (Wildman–Crippen MR) is 143 cm³/mol. The van der Waals surface area contributed by atoms with Gasteiger partial charge in [0.05, 0.1) is 52.2 Å². The molecule has 1 heterocycles. The third-order valence-electron chi connectivity index (χ3n) is 5.44. The first-order valence-electron chi connectivity index (χ1n) is 13.0. The molecule has 0 radical (unpaired) electrons. The van der Waals surface area contributed by atoms with Gasteiger partial charge in [-0.15, -0.1) is 0 Å². The lowest BCUT2D eigenvalue weighted by Gasteiger charge is -2.44. The average molecular weight is 559 g/mol. The molecule has 2 fully saturated rings. The Bertz CT molecular complexity index is 763. The van der Waals surface area contributed by atoms with Crippen molar-refractivity contribution in [3.63, 3.8) is 0 Å². The summed E-state index contributed by atoms with van der Waals surface area (Å²) in [6, 6.07) is 0.00750. The van der Waals surface area contributed by atoms with Crippen molar-refractivity contribution in [2.75, 3.05) is 52.8 Å². The van der Waals surface area contributed by atoms with Crippen LogP contribution in [0.1, 0.15) is 65.7 Å². The molecule has 1 aliphatic carbocycles. The molecule has 0 aromatic carbocycles. The first kappa shape index (κ1) is 38.4. The highest BCUT2D eigenvalue weighted by Gasteiger charge is 2.41.